The molecule has 0 radical (unpaired) electrons. The molecule has 0 saturated heterocycles. The van der Waals surface area contributed by atoms with Crippen LogP contribution in [-0.2, 0) is 10.1 Å². The lowest BCUT2D eigenvalue weighted by molar-refractivity contribution is -0.385. The van der Waals surface area contributed by atoms with E-state index in [9.17, 15) is 23.1 Å². The van der Waals surface area contributed by atoms with E-state index in [1.165, 1.54) is 23.3 Å². The van der Waals surface area contributed by atoms with Gasteiger partial charge in [-0.05, 0) is 122 Å². The molecule has 0 aromatic heterocycles. The number of non-ortho nitro benzene ring substituents is 1. The summed E-state index contributed by atoms with van der Waals surface area (Å²) in [5.74, 6) is -0.516. The largest absolute Gasteiger partial charge is 0.355 e. The second kappa shape index (κ2) is 14.9. The first-order valence-corrected chi connectivity index (χ1v) is 19.0. The van der Waals surface area contributed by atoms with Gasteiger partial charge in [-0.3, -0.25) is 14.7 Å². The van der Waals surface area contributed by atoms with Gasteiger partial charge in [-0.1, -0.05) is 87.4 Å². The van der Waals surface area contributed by atoms with Gasteiger partial charge in [0.15, 0.2) is 0 Å². The molecule has 0 amide bonds. The summed E-state index contributed by atoms with van der Waals surface area (Å²) in [6, 6.07) is 24.4. The van der Waals surface area contributed by atoms with Crippen molar-refractivity contribution in [2.45, 2.75) is 91.9 Å². The van der Waals surface area contributed by atoms with Crippen molar-refractivity contribution in [3.05, 3.63) is 150 Å². The molecule has 0 aliphatic rings. The number of nitro benzene ring substituents is 1. The number of aryl methyl sites for hydroxylation is 6. The van der Waals surface area contributed by atoms with Crippen LogP contribution in [0.2, 0.25) is 0 Å². The van der Waals surface area contributed by atoms with Gasteiger partial charge in [0.25, 0.3) is 15.8 Å². The summed E-state index contributed by atoms with van der Waals surface area (Å²) < 4.78 is 36.4. The summed E-state index contributed by atoms with van der Waals surface area (Å²) >= 11 is 0. The summed E-state index contributed by atoms with van der Waals surface area (Å²) in [4.78, 5) is 10.6. The summed E-state index contributed by atoms with van der Waals surface area (Å²) in [5, 5.41) is 19.1. The molecule has 5 aromatic rings. The van der Waals surface area contributed by atoms with Crippen LogP contribution >= 0.6 is 0 Å². The van der Waals surface area contributed by atoms with Crippen LogP contribution in [0.15, 0.2) is 83.8 Å². The lowest BCUT2D eigenvalue weighted by atomic mass is 9.81. The van der Waals surface area contributed by atoms with E-state index in [1.54, 1.807) is 0 Å². The fraction of sp³-hybridized carbons (Fsp3) is 0.302. The molecule has 0 aliphatic heterocycles. The van der Waals surface area contributed by atoms with E-state index in [-0.39, 0.29) is 17.4 Å². The lowest BCUT2D eigenvalue weighted by Crippen LogP contribution is -2.13. The highest BCUT2D eigenvalue weighted by Crippen LogP contribution is 2.42. The molecule has 0 saturated carbocycles. The molecule has 5 aromatic carbocycles. The Balaban J connectivity index is 1.74. The third kappa shape index (κ3) is 8.06. The van der Waals surface area contributed by atoms with E-state index in [4.69, 9.17) is 0 Å². The highest BCUT2D eigenvalue weighted by atomic mass is 32.2. The first-order valence-electron chi connectivity index (χ1n) is 17.6. The number of anilines is 4. The van der Waals surface area contributed by atoms with Crippen LogP contribution in [-0.4, -0.2) is 17.9 Å². The maximum Gasteiger partial charge on any atom is 0.295 e. The van der Waals surface area contributed by atoms with Crippen molar-refractivity contribution < 1.29 is 17.9 Å². The van der Waals surface area contributed by atoms with Crippen LogP contribution < -0.4 is 10.6 Å². The highest BCUT2D eigenvalue weighted by Gasteiger charge is 2.29. The molecule has 272 valence electrons. The summed E-state index contributed by atoms with van der Waals surface area (Å²) in [6.07, 6.45) is 0. The van der Waals surface area contributed by atoms with Crippen LogP contribution in [0.3, 0.4) is 0 Å². The molecule has 0 fully saturated rings. The van der Waals surface area contributed by atoms with Crippen molar-refractivity contribution in [3.8, 4) is 0 Å². The van der Waals surface area contributed by atoms with Crippen molar-refractivity contribution in [1.29, 1.82) is 0 Å². The van der Waals surface area contributed by atoms with E-state index in [0.29, 0.717) is 0 Å². The Morgan fingerprint density at radius 1 is 0.596 bits per heavy atom. The minimum Gasteiger partial charge on any atom is -0.355 e. The van der Waals surface area contributed by atoms with Gasteiger partial charge in [-0.2, -0.15) is 8.42 Å². The number of nitrogens with one attached hydrogen (secondary N) is 2. The third-order valence-corrected chi connectivity index (χ3v) is 10.6. The van der Waals surface area contributed by atoms with Crippen molar-refractivity contribution in [1.82, 2.24) is 0 Å². The van der Waals surface area contributed by atoms with E-state index >= 15 is 0 Å². The molecule has 8 nitrogen and oxygen atoms in total. The number of rotatable bonds is 11. The summed E-state index contributed by atoms with van der Waals surface area (Å²) in [6.45, 7) is 20.9. The van der Waals surface area contributed by atoms with Crippen molar-refractivity contribution in [2.24, 2.45) is 0 Å². The fourth-order valence-electron chi connectivity index (χ4n) is 7.38. The van der Waals surface area contributed by atoms with Crippen LogP contribution in [0.25, 0.3) is 0 Å². The minimum atomic E-state index is -4.86. The average Bonchev–Trinajstić information content (AvgIpc) is 3.04. The monoisotopic (exact) mass is 719 g/mol. The van der Waals surface area contributed by atoms with Gasteiger partial charge in [0.05, 0.1) is 4.92 Å². The van der Waals surface area contributed by atoms with Gasteiger partial charge >= 0.3 is 0 Å². The van der Waals surface area contributed by atoms with Gasteiger partial charge in [-0.15, -0.1) is 0 Å². The molecule has 5 rings (SSSR count). The first-order chi connectivity index (χ1) is 24.3. The normalized spacial score (nSPS) is 11.8. The van der Waals surface area contributed by atoms with E-state index in [1.807, 2.05) is 24.3 Å². The number of hydrogen-bond acceptors (Lipinski definition) is 6. The van der Waals surface area contributed by atoms with E-state index in [0.717, 1.165) is 73.3 Å². The van der Waals surface area contributed by atoms with Gasteiger partial charge in [0.2, 0.25) is 0 Å². The predicted molar refractivity (Wildman–Crippen MR) is 213 cm³/mol. The van der Waals surface area contributed by atoms with Gasteiger partial charge in [0, 0.05) is 40.8 Å². The number of nitrogens with zero attached hydrogens (tertiary/aromatic N) is 1. The van der Waals surface area contributed by atoms with Crippen LogP contribution in [0.1, 0.15) is 107 Å². The zero-order chi connectivity index (χ0) is 38.2. The highest BCUT2D eigenvalue weighted by molar-refractivity contribution is 7.85. The number of hydrogen-bond donors (Lipinski definition) is 3. The molecule has 52 heavy (non-hydrogen) atoms. The molecule has 0 aliphatic carbocycles. The topological polar surface area (TPSA) is 122 Å². The molecule has 0 atom stereocenters. The van der Waals surface area contributed by atoms with Crippen LogP contribution in [0, 0.1) is 51.7 Å². The first kappa shape index (κ1) is 38.2. The second-order valence-electron chi connectivity index (χ2n) is 14.7. The summed E-state index contributed by atoms with van der Waals surface area (Å²) in [5.41, 5.74) is 14.2. The molecular weight excluding hydrogens is 671 g/mol. The molecule has 0 bridgehead atoms. The van der Waals surface area contributed by atoms with Gasteiger partial charge in [-0.25, -0.2) is 0 Å². The lowest BCUT2D eigenvalue weighted by Gasteiger charge is -2.26. The Morgan fingerprint density at radius 2 is 1.00 bits per heavy atom. The molecule has 0 unspecified atom stereocenters. The van der Waals surface area contributed by atoms with Crippen molar-refractivity contribution in [2.75, 3.05) is 10.6 Å². The van der Waals surface area contributed by atoms with Gasteiger partial charge in [0.1, 0.15) is 4.90 Å². The van der Waals surface area contributed by atoms with Crippen molar-refractivity contribution in [3.63, 3.8) is 0 Å². The van der Waals surface area contributed by atoms with Crippen molar-refractivity contribution >= 4 is 38.6 Å². The average molecular weight is 720 g/mol. The Labute approximate surface area is 308 Å². The summed E-state index contributed by atoms with van der Waals surface area (Å²) in [7, 11) is -4.86. The number of benzene rings is 5. The zero-order valence-electron chi connectivity index (χ0n) is 31.7. The zero-order valence-corrected chi connectivity index (χ0v) is 32.5. The maximum atomic E-state index is 12.9. The maximum absolute atomic E-state index is 12.9. The second-order valence-corrected chi connectivity index (χ2v) is 16.1. The Kier molecular flexibility index (Phi) is 11.0. The quantitative estimate of drug-likeness (QED) is 0.0537. The minimum absolute atomic E-state index is 0.0888. The van der Waals surface area contributed by atoms with Gasteiger partial charge < -0.3 is 10.6 Å². The molecular formula is C43H49N3O5S. The SMILES string of the molecule is Cc1cc(C)c(Nc2ccc(C(c3ccc(Nc4c(C)cc(C)cc4C)c(C(C)C)c3)c3ccc([N+](=O)[O-])cc3S(=O)(=O)O)cc2C(C)C)c(C)c1. The Hall–Kier alpha value is -4.99. The molecule has 0 heterocycles. The Bertz CT molecular complexity index is 2130. The Morgan fingerprint density at radius 3 is 1.35 bits per heavy atom. The van der Waals surface area contributed by atoms with Crippen LogP contribution in [0.5, 0.6) is 0 Å². The van der Waals surface area contributed by atoms with E-state index in [2.05, 4.69) is 116 Å². The molecule has 0 spiro atoms. The van der Waals surface area contributed by atoms with E-state index < -0.39 is 31.5 Å². The molecule has 3 N–H and O–H groups in total. The predicted octanol–water partition coefficient (Wildman–Crippen LogP) is 11.6. The number of nitro groups is 1. The molecule has 9 heteroatoms. The smallest absolute Gasteiger partial charge is 0.295 e. The van der Waals surface area contributed by atoms with Crippen LogP contribution in [0.4, 0.5) is 28.4 Å². The fourth-order valence-corrected chi connectivity index (χ4v) is 8.13. The third-order valence-electron chi connectivity index (χ3n) is 9.73. The standard InChI is InChI=1S/C43H49N3O5S/c1-24(2)36-21-32(11-15-38(36)44-42-28(7)17-26(5)18-29(42)8)41(35-14-13-34(46(47)48)23-40(35)52(49,50)51)33-12-16-39(37(22-33)25(3)4)45-43-30(9)19-27(6)20-31(43)10/h11-25,41,44-45H,1-10H3,(H,49,50,51).